The summed E-state index contributed by atoms with van der Waals surface area (Å²) < 4.78 is 36.2. The fraction of sp³-hybridized carbons (Fsp3) is 0.214. The third kappa shape index (κ3) is 7.63. The van der Waals surface area contributed by atoms with Crippen LogP contribution in [0.4, 0.5) is 5.69 Å². The van der Waals surface area contributed by atoms with Gasteiger partial charge in [-0.05, 0) is 48.9 Å². The summed E-state index contributed by atoms with van der Waals surface area (Å²) in [5.74, 6) is 0.406. The second-order valence-corrected chi connectivity index (χ2v) is 11.8. The molecular weight excluding hydrogens is 552 g/mol. The predicted octanol–water partition coefficient (Wildman–Crippen LogP) is 3.95. The van der Waals surface area contributed by atoms with Crippen LogP contribution in [-0.2, 0) is 31.0 Å². The van der Waals surface area contributed by atoms with Crippen molar-refractivity contribution in [2.75, 3.05) is 11.9 Å². The lowest BCUT2D eigenvalue weighted by atomic mass is 10.2. The molecule has 0 saturated carbocycles. The number of amides is 2. The second kappa shape index (κ2) is 13.0. The highest BCUT2D eigenvalue weighted by Gasteiger charge is 2.42. The molecule has 1 heterocycles. The van der Waals surface area contributed by atoms with Gasteiger partial charge in [-0.3, -0.25) is 9.59 Å². The summed E-state index contributed by atoms with van der Waals surface area (Å²) in [6, 6.07) is 24.6. The number of hydrogen-bond donors (Lipinski definition) is 3. The van der Waals surface area contributed by atoms with Crippen LogP contribution < -0.4 is 20.5 Å². The summed E-state index contributed by atoms with van der Waals surface area (Å²) in [6.07, 6.45) is 0. The monoisotopic (exact) mass is 582 g/mol. The number of ether oxygens (including phenoxy) is 2. The second-order valence-electron chi connectivity index (χ2n) is 8.94. The van der Waals surface area contributed by atoms with Crippen LogP contribution in [0.5, 0.6) is 11.5 Å². The molecular formula is C28H30N4O6S2. The van der Waals surface area contributed by atoms with Gasteiger partial charge in [0.25, 0.3) is 0 Å². The van der Waals surface area contributed by atoms with E-state index >= 15 is 0 Å². The van der Waals surface area contributed by atoms with Gasteiger partial charge in [-0.15, -0.1) is 0 Å². The van der Waals surface area contributed by atoms with Crippen molar-refractivity contribution in [1.29, 1.82) is 0 Å². The minimum Gasteiger partial charge on any atom is -0.457 e. The van der Waals surface area contributed by atoms with Crippen molar-refractivity contribution in [3.63, 3.8) is 0 Å². The molecule has 210 valence electrons. The maximum Gasteiger partial charge on any atom is 0.249 e. The fourth-order valence-corrected chi connectivity index (χ4v) is 6.52. The first-order valence-electron chi connectivity index (χ1n) is 12.3. The molecule has 4 N–H and O–H groups in total. The fourth-order valence-electron chi connectivity index (χ4n) is 4.07. The Balaban J connectivity index is 1.57. The number of rotatable bonds is 11. The molecule has 0 aromatic heterocycles. The molecule has 10 nitrogen and oxygen atoms in total. The average Bonchev–Trinajstić information content (AvgIpc) is 3.24. The molecule has 0 fully saturated rings. The Kier molecular flexibility index (Phi) is 9.48. The quantitative estimate of drug-likeness (QED) is 0.309. The zero-order chi connectivity index (χ0) is 28.7. The van der Waals surface area contributed by atoms with E-state index in [0.29, 0.717) is 17.2 Å². The van der Waals surface area contributed by atoms with E-state index in [-0.39, 0.29) is 23.1 Å². The highest BCUT2D eigenvalue weighted by atomic mass is 32.3. The number of carbonyl (C=O) groups excluding carboxylic acids is 2. The molecule has 2 amide bonds. The normalized spacial score (nSPS) is 16.0. The number of primary sulfonamides is 1. The molecule has 1 aliphatic rings. The molecule has 0 spiro atoms. The lowest BCUT2D eigenvalue weighted by Crippen LogP contribution is -2.53. The van der Waals surface area contributed by atoms with Crippen LogP contribution in [0.3, 0.4) is 0 Å². The first-order valence-corrected chi connectivity index (χ1v) is 14.8. The molecule has 2 unspecified atom stereocenters. The van der Waals surface area contributed by atoms with Crippen LogP contribution in [0.1, 0.15) is 19.4 Å². The Morgan fingerprint density at radius 3 is 2.17 bits per heavy atom. The van der Waals surface area contributed by atoms with Crippen molar-refractivity contribution in [3.8, 4) is 11.5 Å². The molecule has 0 aliphatic carbocycles. The Morgan fingerprint density at radius 1 is 0.975 bits per heavy atom. The zero-order valence-electron chi connectivity index (χ0n) is 21.9. The van der Waals surface area contributed by atoms with E-state index in [9.17, 15) is 18.0 Å². The third-order valence-electron chi connectivity index (χ3n) is 5.87. The van der Waals surface area contributed by atoms with E-state index in [2.05, 4.69) is 10.6 Å². The maximum absolute atomic E-state index is 13.7. The molecule has 0 bridgehead atoms. The zero-order valence-corrected chi connectivity index (χ0v) is 23.6. The standard InChI is InChI=1S/C28H30N4O6S2/c1-19-27(40(29,35)36)39-28(30-20(2)33)32(19)25(18-37-17-21-9-5-3-6-10-21)26(34)31-22-13-15-24(16-14-22)38-23-11-7-4-8-12-23/h3-16,25,28H,17-18H2,1-2H3,(H,30,33)(H,31,34)(H2,29,35,36). The van der Waals surface area contributed by atoms with Gasteiger partial charge in [0.1, 0.15) is 21.8 Å². The third-order valence-corrected chi connectivity index (χ3v) is 8.74. The summed E-state index contributed by atoms with van der Waals surface area (Å²) in [6.45, 7) is 2.99. The van der Waals surface area contributed by atoms with Gasteiger partial charge in [-0.2, -0.15) is 0 Å². The van der Waals surface area contributed by atoms with Crippen LogP contribution in [0, 0.1) is 0 Å². The van der Waals surface area contributed by atoms with Gasteiger partial charge in [0.2, 0.25) is 21.8 Å². The SMILES string of the molecule is CC(=O)NC1SC(S(N)(=O)=O)=C(C)N1C(COCc1ccccc1)C(=O)Nc1ccc(Oc2ccccc2)cc1. The van der Waals surface area contributed by atoms with Crippen LogP contribution in [0.2, 0.25) is 0 Å². The molecule has 3 aromatic rings. The summed E-state index contributed by atoms with van der Waals surface area (Å²) >= 11 is 0.855. The Morgan fingerprint density at radius 2 is 1.57 bits per heavy atom. The van der Waals surface area contributed by atoms with Gasteiger partial charge >= 0.3 is 0 Å². The summed E-state index contributed by atoms with van der Waals surface area (Å²) in [5.41, 5.74) is 0.752. The maximum atomic E-state index is 13.7. The summed E-state index contributed by atoms with van der Waals surface area (Å²) in [5, 5.41) is 11.0. The van der Waals surface area contributed by atoms with Crippen molar-refractivity contribution in [2.45, 2.75) is 32.0 Å². The van der Waals surface area contributed by atoms with Gasteiger partial charge in [-0.1, -0.05) is 60.3 Å². The topological polar surface area (TPSA) is 140 Å². The van der Waals surface area contributed by atoms with Crippen molar-refractivity contribution in [1.82, 2.24) is 10.2 Å². The molecule has 12 heteroatoms. The Labute approximate surface area is 237 Å². The van der Waals surface area contributed by atoms with Gasteiger partial charge in [0.15, 0.2) is 5.50 Å². The predicted molar refractivity (Wildman–Crippen MR) is 154 cm³/mol. The first kappa shape index (κ1) is 29.2. The highest BCUT2D eigenvalue weighted by molar-refractivity contribution is 8.18. The molecule has 0 saturated heterocycles. The smallest absolute Gasteiger partial charge is 0.249 e. The van der Waals surface area contributed by atoms with Crippen LogP contribution in [0.25, 0.3) is 0 Å². The Bertz CT molecular complexity index is 1470. The minimum absolute atomic E-state index is 0.0954. The number of nitrogens with two attached hydrogens (primary N) is 1. The largest absolute Gasteiger partial charge is 0.457 e. The number of benzene rings is 3. The molecule has 0 radical (unpaired) electrons. The van der Waals surface area contributed by atoms with E-state index in [4.69, 9.17) is 14.6 Å². The number of anilines is 1. The van der Waals surface area contributed by atoms with E-state index < -0.39 is 33.4 Å². The van der Waals surface area contributed by atoms with E-state index in [1.165, 1.54) is 11.8 Å². The van der Waals surface area contributed by atoms with Crippen molar-refractivity contribution < 1.29 is 27.5 Å². The van der Waals surface area contributed by atoms with Crippen molar-refractivity contribution in [2.24, 2.45) is 5.14 Å². The molecule has 2 atom stereocenters. The number of nitrogens with zero attached hydrogens (tertiary/aromatic N) is 1. The molecule has 1 aliphatic heterocycles. The Hall–Kier alpha value is -3.84. The van der Waals surface area contributed by atoms with E-state index in [0.717, 1.165) is 17.3 Å². The number of carbonyl (C=O) groups is 2. The average molecular weight is 583 g/mol. The lowest BCUT2D eigenvalue weighted by molar-refractivity contribution is -0.125. The lowest BCUT2D eigenvalue weighted by Gasteiger charge is -2.34. The summed E-state index contributed by atoms with van der Waals surface area (Å²) in [7, 11) is -4.10. The number of hydrogen-bond acceptors (Lipinski definition) is 8. The van der Waals surface area contributed by atoms with E-state index in [1.54, 1.807) is 31.2 Å². The number of allylic oxidation sites excluding steroid dienone is 1. The van der Waals surface area contributed by atoms with E-state index in [1.807, 2.05) is 60.7 Å². The van der Waals surface area contributed by atoms with Gasteiger partial charge in [0.05, 0.1) is 13.2 Å². The molecule has 4 rings (SSSR count). The number of thioether (sulfide) groups is 1. The molecule has 40 heavy (non-hydrogen) atoms. The number of nitrogens with one attached hydrogen (secondary N) is 2. The van der Waals surface area contributed by atoms with Gasteiger partial charge < -0.3 is 25.0 Å². The van der Waals surface area contributed by atoms with Crippen LogP contribution >= 0.6 is 11.8 Å². The van der Waals surface area contributed by atoms with Crippen LogP contribution in [0.15, 0.2) is 94.9 Å². The van der Waals surface area contributed by atoms with Crippen LogP contribution in [-0.4, -0.2) is 43.3 Å². The van der Waals surface area contributed by atoms with Gasteiger partial charge in [0, 0.05) is 18.3 Å². The first-order chi connectivity index (χ1) is 19.1. The molecule has 3 aromatic carbocycles. The van der Waals surface area contributed by atoms with Crippen molar-refractivity contribution >= 4 is 39.3 Å². The highest BCUT2D eigenvalue weighted by Crippen LogP contribution is 2.40. The number of para-hydroxylation sites is 1. The number of sulfonamides is 1. The minimum atomic E-state index is -4.10. The summed E-state index contributed by atoms with van der Waals surface area (Å²) in [4.78, 5) is 27.1. The van der Waals surface area contributed by atoms with Gasteiger partial charge in [-0.25, -0.2) is 13.6 Å². The van der Waals surface area contributed by atoms with Crippen molar-refractivity contribution in [3.05, 3.63) is 100 Å².